The topological polar surface area (TPSA) is 56.8 Å². The Hall–Kier alpha value is -2.65. The third-order valence-electron chi connectivity index (χ3n) is 4.93. The number of hydrogen-bond acceptors (Lipinski definition) is 4. The molecule has 0 bridgehead atoms. The average Bonchev–Trinajstić information content (AvgIpc) is 2.73. The molecule has 0 aromatic heterocycles. The Morgan fingerprint density at radius 1 is 1.19 bits per heavy atom. The monoisotopic (exact) mass is 455 g/mol. The molecule has 0 spiro atoms. The molecule has 0 aliphatic carbocycles. The Balaban J connectivity index is 1.70. The molecule has 0 radical (unpaired) electrons. The van der Waals surface area contributed by atoms with Crippen LogP contribution in [0.2, 0.25) is 0 Å². The van der Waals surface area contributed by atoms with E-state index in [4.69, 9.17) is 14.2 Å². The van der Waals surface area contributed by atoms with Crippen LogP contribution < -0.4 is 10.1 Å². The van der Waals surface area contributed by atoms with Gasteiger partial charge in [0.25, 0.3) is 0 Å². The lowest BCUT2D eigenvalue weighted by Gasteiger charge is -2.36. The van der Waals surface area contributed by atoms with Crippen molar-refractivity contribution in [2.45, 2.75) is 33.2 Å². The Kier molecular flexibility index (Phi) is 7.09. The molecule has 1 saturated heterocycles. The number of carbonyl (C=O) groups excluding carboxylic acids is 1. The number of carbonyl (C=O) groups is 1. The zero-order valence-electron chi connectivity index (χ0n) is 18.0. The summed E-state index contributed by atoms with van der Waals surface area (Å²) in [5.74, 6) is -1.32. The maximum absolute atomic E-state index is 13.9. The first-order chi connectivity index (χ1) is 15.0. The molecule has 1 fully saturated rings. The van der Waals surface area contributed by atoms with Crippen LogP contribution in [0.5, 0.6) is 5.75 Å². The van der Waals surface area contributed by atoms with Crippen LogP contribution in [-0.4, -0.2) is 25.7 Å². The average molecular weight is 455 g/mol. The molecule has 32 heavy (non-hydrogen) atoms. The molecule has 0 atom stereocenters. The largest absolute Gasteiger partial charge is 0.493 e. The fraction of sp³-hybridized carbons (Fsp3) is 0.435. The van der Waals surface area contributed by atoms with Crippen LogP contribution in [-0.2, 0) is 20.4 Å². The number of amides is 1. The van der Waals surface area contributed by atoms with Gasteiger partial charge in [0.05, 0.1) is 30.8 Å². The Morgan fingerprint density at radius 2 is 1.84 bits per heavy atom. The van der Waals surface area contributed by atoms with Crippen LogP contribution in [0, 0.1) is 17.2 Å². The molecule has 9 heteroatoms. The van der Waals surface area contributed by atoms with E-state index in [9.17, 15) is 22.4 Å². The molecule has 174 valence electrons. The summed E-state index contributed by atoms with van der Waals surface area (Å²) in [5.41, 5.74) is -1.97. The van der Waals surface area contributed by atoms with Crippen LogP contribution in [0.1, 0.15) is 38.2 Å². The summed E-state index contributed by atoms with van der Waals surface area (Å²) in [6, 6.07) is 9.33. The lowest BCUT2D eigenvalue weighted by atomic mass is 9.90. The standard InChI is InChI=1S/C23H25F4NO4/c1-14(2)11-30-19-9-8-15(10-17(19)23(25,26)27)28-21(29)22(3)12-31-20(32-13-22)16-6-4-5-7-18(16)24/h4-10,14,20H,11-13H2,1-3H3,(H,28,29). The van der Waals surface area contributed by atoms with E-state index in [1.165, 1.54) is 30.3 Å². The second-order valence-corrected chi connectivity index (χ2v) is 8.40. The summed E-state index contributed by atoms with van der Waals surface area (Å²) in [6.07, 6.45) is -5.62. The van der Waals surface area contributed by atoms with E-state index < -0.39 is 35.2 Å². The Labute approximate surface area is 183 Å². The zero-order chi connectivity index (χ0) is 23.5. The van der Waals surface area contributed by atoms with Gasteiger partial charge in [-0.1, -0.05) is 32.0 Å². The highest BCUT2D eigenvalue weighted by Crippen LogP contribution is 2.39. The summed E-state index contributed by atoms with van der Waals surface area (Å²) < 4.78 is 70.8. The van der Waals surface area contributed by atoms with E-state index in [1.54, 1.807) is 13.0 Å². The van der Waals surface area contributed by atoms with E-state index in [-0.39, 0.29) is 42.7 Å². The van der Waals surface area contributed by atoms with Gasteiger partial charge in [0.1, 0.15) is 11.6 Å². The highest BCUT2D eigenvalue weighted by Gasteiger charge is 2.41. The number of ether oxygens (including phenoxy) is 3. The molecule has 1 heterocycles. The number of nitrogens with one attached hydrogen (secondary N) is 1. The van der Waals surface area contributed by atoms with Crippen molar-refractivity contribution in [1.29, 1.82) is 0 Å². The molecule has 1 aliphatic heterocycles. The van der Waals surface area contributed by atoms with E-state index in [2.05, 4.69) is 5.32 Å². The fourth-order valence-corrected chi connectivity index (χ4v) is 3.08. The normalized spacial score (nSPS) is 21.4. The minimum atomic E-state index is -4.65. The summed E-state index contributed by atoms with van der Waals surface area (Å²) in [6.45, 7) is 5.15. The van der Waals surface area contributed by atoms with Crippen LogP contribution in [0.15, 0.2) is 42.5 Å². The third-order valence-corrected chi connectivity index (χ3v) is 4.93. The van der Waals surface area contributed by atoms with Crippen molar-refractivity contribution >= 4 is 11.6 Å². The van der Waals surface area contributed by atoms with Gasteiger partial charge in [0.2, 0.25) is 5.91 Å². The first-order valence-corrected chi connectivity index (χ1v) is 10.1. The Bertz CT molecular complexity index is 953. The van der Waals surface area contributed by atoms with Crippen molar-refractivity contribution in [3.63, 3.8) is 0 Å². The molecule has 2 aromatic carbocycles. The van der Waals surface area contributed by atoms with Gasteiger partial charge in [-0.3, -0.25) is 4.79 Å². The number of anilines is 1. The molecule has 1 aliphatic rings. The van der Waals surface area contributed by atoms with Crippen molar-refractivity contribution in [2.24, 2.45) is 11.3 Å². The number of rotatable bonds is 6. The van der Waals surface area contributed by atoms with Crippen LogP contribution in [0.4, 0.5) is 23.2 Å². The molecule has 1 N–H and O–H groups in total. The summed E-state index contributed by atoms with van der Waals surface area (Å²) in [4.78, 5) is 12.8. The van der Waals surface area contributed by atoms with Gasteiger partial charge in [0.15, 0.2) is 6.29 Å². The quantitative estimate of drug-likeness (QED) is 0.579. The molecular formula is C23H25F4NO4. The van der Waals surface area contributed by atoms with Crippen molar-refractivity contribution in [1.82, 2.24) is 0 Å². The van der Waals surface area contributed by atoms with Gasteiger partial charge in [-0.15, -0.1) is 0 Å². The fourth-order valence-electron chi connectivity index (χ4n) is 3.08. The lowest BCUT2D eigenvalue weighted by molar-refractivity contribution is -0.227. The lowest BCUT2D eigenvalue weighted by Crippen LogP contribution is -2.45. The number of alkyl halides is 3. The SMILES string of the molecule is CC(C)COc1ccc(NC(=O)C2(C)COC(c3ccccc3F)OC2)cc1C(F)(F)F. The number of halogens is 4. The van der Waals surface area contributed by atoms with Crippen molar-refractivity contribution in [3.05, 3.63) is 59.4 Å². The molecular weight excluding hydrogens is 430 g/mol. The second-order valence-electron chi connectivity index (χ2n) is 8.40. The predicted octanol–water partition coefficient (Wildman–Crippen LogP) is 5.57. The minimum absolute atomic E-state index is 0.0309. The van der Waals surface area contributed by atoms with Crippen LogP contribution in [0.25, 0.3) is 0 Å². The van der Waals surface area contributed by atoms with E-state index in [0.29, 0.717) is 0 Å². The van der Waals surface area contributed by atoms with Gasteiger partial charge < -0.3 is 19.5 Å². The van der Waals surface area contributed by atoms with Gasteiger partial charge in [-0.25, -0.2) is 4.39 Å². The van der Waals surface area contributed by atoms with Gasteiger partial charge >= 0.3 is 6.18 Å². The molecule has 3 rings (SSSR count). The number of benzene rings is 2. The van der Waals surface area contributed by atoms with E-state index in [1.807, 2.05) is 13.8 Å². The Morgan fingerprint density at radius 3 is 2.44 bits per heavy atom. The summed E-state index contributed by atoms with van der Waals surface area (Å²) in [7, 11) is 0. The van der Waals surface area contributed by atoms with Crippen molar-refractivity contribution < 1.29 is 36.6 Å². The predicted molar refractivity (Wildman–Crippen MR) is 110 cm³/mol. The zero-order valence-corrected chi connectivity index (χ0v) is 18.0. The van der Waals surface area contributed by atoms with Gasteiger partial charge in [-0.05, 0) is 37.1 Å². The summed E-state index contributed by atoms with van der Waals surface area (Å²) in [5, 5.41) is 2.49. The second kappa shape index (κ2) is 9.46. The smallest absolute Gasteiger partial charge is 0.420 e. The highest BCUT2D eigenvalue weighted by molar-refractivity contribution is 5.95. The third kappa shape index (κ3) is 5.58. The highest BCUT2D eigenvalue weighted by atomic mass is 19.4. The first-order valence-electron chi connectivity index (χ1n) is 10.1. The van der Waals surface area contributed by atoms with Crippen molar-refractivity contribution in [3.8, 4) is 5.75 Å². The van der Waals surface area contributed by atoms with E-state index in [0.717, 1.165) is 6.07 Å². The molecule has 0 unspecified atom stereocenters. The molecule has 2 aromatic rings. The molecule has 5 nitrogen and oxygen atoms in total. The maximum Gasteiger partial charge on any atom is 0.420 e. The first kappa shape index (κ1) is 24.0. The van der Waals surface area contributed by atoms with E-state index >= 15 is 0 Å². The molecule has 1 amide bonds. The maximum atomic E-state index is 13.9. The van der Waals surface area contributed by atoms with Crippen LogP contribution >= 0.6 is 0 Å². The molecule has 0 saturated carbocycles. The number of hydrogen-bond donors (Lipinski definition) is 1. The minimum Gasteiger partial charge on any atom is -0.493 e. The van der Waals surface area contributed by atoms with Crippen LogP contribution in [0.3, 0.4) is 0 Å². The summed E-state index contributed by atoms with van der Waals surface area (Å²) >= 11 is 0. The van der Waals surface area contributed by atoms with Gasteiger partial charge in [0, 0.05) is 11.3 Å². The van der Waals surface area contributed by atoms with Crippen molar-refractivity contribution in [2.75, 3.05) is 25.1 Å². The van der Waals surface area contributed by atoms with Gasteiger partial charge in [-0.2, -0.15) is 13.2 Å².